The Kier molecular flexibility index (Phi) is 14.2. The number of carboxylic acid groups (broad SMARTS) is 1. The third-order valence-corrected chi connectivity index (χ3v) is 2.55. The zero-order valence-electron chi connectivity index (χ0n) is 12.4. The summed E-state index contributed by atoms with van der Waals surface area (Å²) in [5.74, 6) is -0.981. The van der Waals surface area contributed by atoms with Gasteiger partial charge in [-0.3, -0.25) is 0 Å². The van der Waals surface area contributed by atoms with Crippen LogP contribution in [0.25, 0.3) is 6.08 Å². The lowest BCUT2D eigenvalue weighted by atomic mass is 9.93. The van der Waals surface area contributed by atoms with E-state index in [-0.39, 0.29) is 0 Å². The van der Waals surface area contributed by atoms with Crippen molar-refractivity contribution in [1.82, 2.24) is 0 Å². The third kappa shape index (κ3) is 10.8. The first kappa shape index (κ1) is 22.3. The Hall–Kier alpha value is -1.99. The van der Waals surface area contributed by atoms with Crippen LogP contribution in [-0.2, 0) is 4.79 Å². The lowest BCUT2D eigenvalue weighted by Gasteiger charge is -2.23. The number of hydrogen-bond acceptors (Lipinski definition) is 5. The van der Waals surface area contributed by atoms with Crippen LogP contribution < -0.4 is 0 Å². The van der Waals surface area contributed by atoms with E-state index < -0.39 is 37.8 Å². The second-order valence-electron chi connectivity index (χ2n) is 4.29. The highest BCUT2D eigenvalue weighted by Gasteiger charge is 2.26. The number of aliphatic hydroxyl groups is 4. The fourth-order valence-electron chi connectivity index (χ4n) is 0.889. The van der Waals surface area contributed by atoms with E-state index in [9.17, 15) is 4.79 Å². The molecule has 0 saturated carbocycles. The smallest absolute Gasteiger partial charge is 0.327 e. The number of carboxylic acids is 1. The minimum Gasteiger partial charge on any atom is -0.478 e. The zero-order chi connectivity index (χ0) is 17.4. The van der Waals surface area contributed by atoms with Gasteiger partial charge in [-0.15, -0.1) is 0 Å². The molecule has 1 rings (SSSR count). The molecule has 0 spiro atoms. The first-order valence-corrected chi connectivity index (χ1v) is 6.41. The molecule has 6 heteroatoms. The summed E-state index contributed by atoms with van der Waals surface area (Å²) in [4.78, 5) is 9.25. The molecule has 22 heavy (non-hydrogen) atoms. The topological polar surface area (TPSA) is 118 Å². The summed E-state index contributed by atoms with van der Waals surface area (Å²) >= 11 is 0. The van der Waals surface area contributed by atoms with Crippen molar-refractivity contribution in [3.05, 3.63) is 55.1 Å². The summed E-state index contributed by atoms with van der Waals surface area (Å²) in [6.45, 7) is 4.97. The molecule has 0 saturated heterocycles. The zero-order valence-corrected chi connectivity index (χ0v) is 12.4. The highest BCUT2D eigenvalue weighted by Crippen LogP contribution is 2.11. The van der Waals surface area contributed by atoms with Crippen molar-refractivity contribution in [1.29, 1.82) is 0 Å². The molecule has 0 fully saturated rings. The van der Waals surface area contributed by atoms with Crippen molar-refractivity contribution in [2.75, 3.05) is 26.4 Å². The second kappa shape index (κ2) is 14.0. The van der Waals surface area contributed by atoms with Crippen LogP contribution in [0.5, 0.6) is 0 Å². The SMILES string of the molecule is C=CC(=O)O.C=Cc1ccccc1.OCC(CO)(CO)CO. The van der Waals surface area contributed by atoms with Gasteiger partial charge in [0.25, 0.3) is 0 Å². The van der Waals surface area contributed by atoms with Crippen molar-refractivity contribution in [3.63, 3.8) is 0 Å². The lowest BCUT2D eigenvalue weighted by molar-refractivity contribution is -0.131. The van der Waals surface area contributed by atoms with Crippen LogP contribution in [0, 0.1) is 5.41 Å². The Bertz CT molecular complexity index is 394. The molecule has 0 aliphatic rings. The summed E-state index contributed by atoms with van der Waals surface area (Å²) in [6, 6.07) is 10.0. The average molecular weight is 312 g/mol. The summed E-state index contributed by atoms with van der Waals surface area (Å²) < 4.78 is 0. The molecule has 0 aliphatic carbocycles. The highest BCUT2D eigenvalue weighted by atomic mass is 16.4. The third-order valence-electron chi connectivity index (χ3n) is 2.55. The van der Waals surface area contributed by atoms with Crippen LogP contribution in [0.3, 0.4) is 0 Å². The molecule has 0 heterocycles. The van der Waals surface area contributed by atoms with Crippen LogP contribution in [-0.4, -0.2) is 57.9 Å². The van der Waals surface area contributed by atoms with E-state index >= 15 is 0 Å². The van der Waals surface area contributed by atoms with Gasteiger partial charge in [0.2, 0.25) is 0 Å². The molecule has 0 aliphatic heterocycles. The molecule has 0 radical (unpaired) electrons. The molecule has 124 valence electrons. The maximum Gasteiger partial charge on any atom is 0.327 e. The van der Waals surface area contributed by atoms with Crippen molar-refractivity contribution >= 4 is 12.0 Å². The van der Waals surface area contributed by atoms with Gasteiger partial charge in [-0.1, -0.05) is 49.6 Å². The summed E-state index contributed by atoms with van der Waals surface area (Å²) in [5, 5.41) is 41.6. The molecule has 0 aromatic heterocycles. The van der Waals surface area contributed by atoms with E-state index in [2.05, 4.69) is 13.2 Å². The summed E-state index contributed by atoms with van der Waals surface area (Å²) in [7, 11) is 0. The minimum absolute atomic E-state index is 0.406. The minimum atomic E-state index is -1.11. The van der Waals surface area contributed by atoms with Gasteiger partial charge < -0.3 is 25.5 Å². The number of hydrogen-bond donors (Lipinski definition) is 5. The molecular weight excluding hydrogens is 288 g/mol. The summed E-state index contributed by atoms with van der Waals surface area (Å²) in [6.07, 6.45) is 2.67. The van der Waals surface area contributed by atoms with E-state index in [0.29, 0.717) is 0 Å². The number of rotatable bonds is 6. The van der Waals surface area contributed by atoms with Gasteiger partial charge in [0, 0.05) is 6.08 Å². The maximum absolute atomic E-state index is 9.25. The monoisotopic (exact) mass is 312 g/mol. The molecule has 5 N–H and O–H groups in total. The van der Waals surface area contributed by atoms with E-state index in [1.807, 2.05) is 36.4 Å². The van der Waals surface area contributed by atoms with Gasteiger partial charge in [0.15, 0.2) is 0 Å². The van der Waals surface area contributed by atoms with Gasteiger partial charge in [-0.05, 0) is 5.56 Å². The Labute approximate surface area is 130 Å². The first-order valence-electron chi connectivity index (χ1n) is 6.41. The molecule has 0 amide bonds. The quantitative estimate of drug-likeness (QED) is 0.489. The molecule has 0 unspecified atom stereocenters. The number of aliphatic hydroxyl groups excluding tert-OH is 4. The Balaban J connectivity index is 0. The first-order chi connectivity index (χ1) is 10.4. The molecule has 6 nitrogen and oxygen atoms in total. The van der Waals surface area contributed by atoms with Crippen molar-refractivity contribution in [3.8, 4) is 0 Å². The number of benzene rings is 1. The van der Waals surface area contributed by atoms with Crippen LogP contribution in [0.4, 0.5) is 0 Å². The lowest BCUT2D eigenvalue weighted by Crippen LogP contribution is -2.37. The highest BCUT2D eigenvalue weighted by molar-refractivity contribution is 5.78. The van der Waals surface area contributed by atoms with E-state index in [1.54, 1.807) is 0 Å². The summed E-state index contributed by atoms with van der Waals surface area (Å²) in [5.41, 5.74) is 0.0625. The fourth-order valence-corrected chi connectivity index (χ4v) is 0.889. The standard InChI is InChI=1S/C8H8.C5H12O4.C3H4O2/c1-2-8-6-4-3-5-7-8;6-1-5(2-7,3-8)4-9;1-2-3(4)5/h2-7H,1H2;6-9H,1-4H2;2H,1H2,(H,4,5). The molecule has 1 aromatic rings. The van der Waals surface area contributed by atoms with Crippen LogP contribution in [0.1, 0.15) is 5.56 Å². The van der Waals surface area contributed by atoms with Crippen molar-refractivity contribution in [2.24, 2.45) is 5.41 Å². The Morgan fingerprint density at radius 1 is 0.955 bits per heavy atom. The van der Waals surface area contributed by atoms with E-state index in [4.69, 9.17) is 25.5 Å². The maximum atomic E-state index is 9.25. The van der Waals surface area contributed by atoms with Gasteiger partial charge in [0.05, 0.1) is 31.8 Å². The molecule has 0 atom stereocenters. The largest absolute Gasteiger partial charge is 0.478 e. The second-order valence-corrected chi connectivity index (χ2v) is 4.29. The van der Waals surface area contributed by atoms with E-state index in [0.717, 1.165) is 6.08 Å². The molecular formula is C16H24O6. The van der Waals surface area contributed by atoms with Gasteiger partial charge in [-0.2, -0.15) is 0 Å². The number of carbonyl (C=O) groups is 1. The number of aliphatic carboxylic acids is 1. The molecule has 0 bridgehead atoms. The van der Waals surface area contributed by atoms with Gasteiger partial charge in [0.1, 0.15) is 0 Å². The van der Waals surface area contributed by atoms with Crippen molar-refractivity contribution in [2.45, 2.75) is 0 Å². The Morgan fingerprint density at radius 3 is 1.45 bits per heavy atom. The van der Waals surface area contributed by atoms with Gasteiger partial charge >= 0.3 is 5.97 Å². The van der Waals surface area contributed by atoms with Gasteiger partial charge in [-0.25, -0.2) is 4.79 Å². The van der Waals surface area contributed by atoms with Crippen molar-refractivity contribution < 1.29 is 30.3 Å². The Morgan fingerprint density at radius 2 is 1.32 bits per heavy atom. The predicted octanol–water partition coefficient (Wildman–Crippen LogP) is 0.529. The van der Waals surface area contributed by atoms with Crippen LogP contribution >= 0.6 is 0 Å². The predicted molar refractivity (Wildman–Crippen MR) is 85.1 cm³/mol. The van der Waals surface area contributed by atoms with Crippen LogP contribution in [0.15, 0.2) is 49.6 Å². The van der Waals surface area contributed by atoms with E-state index in [1.165, 1.54) is 5.56 Å². The average Bonchev–Trinajstić information content (AvgIpc) is 2.59. The molecule has 1 aromatic carbocycles. The normalized spacial score (nSPS) is 9.45. The van der Waals surface area contributed by atoms with Crippen LogP contribution in [0.2, 0.25) is 0 Å². The fraction of sp³-hybridized carbons (Fsp3) is 0.312.